The third-order valence-electron chi connectivity index (χ3n) is 2.66. The average Bonchev–Trinajstić information content (AvgIpc) is 2.87. The third kappa shape index (κ3) is 3.04. The highest BCUT2D eigenvalue weighted by Gasteiger charge is 2.08. The predicted octanol–water partition coefficient (Wildman–Crippen LogP) is 0.846. The van der Waals surface area contributed by atoms with Gasteiger partial charge in [-0.05, 0) is 6.07 Å². The van der Waals surface area contributed by atoms with Crippen molar-refractivity contribution in [2.75, 3.05) is 14.1 Å². The summed E-state index contributed by atoms with van der Waals surface area (Å²) in [4.78, 5) is 27.8. The van der Waals surface area contributed by atoms with Gasteiger partial charge in [-0.3, -0.25) is 19.3 Å². The fourth-order valence-corrected chi connectivity index (χ4v) is 1.56. The van der Waals surface area contributed by atoms with Crippen LogP contribution in [-0.4, -0.2) is 46.0 Å². The zero-order chi connectivity index (χ0) is 13.8. The molecular weight excluding hydrogens is 244 g/mol. The Morgan fingerprint density at radius 1 is 1.32 bits per heavy atom. The van der Waals surface area contributed by atoms with Gasteiger partial charge in [0.25, 0.3) is 0 Å². The van der Waals surface area contributed by atoms with Gasteiger partial charge in [-0.2, -0.15) is 5.10 Å². The van der Waals surface area contributed by atoms with E-state index in [2.05, 4.69) is 10.1 Å². The van der Waals surface area contributed by atoms with Gasteiger partial charge in [0.2, 0.25) is 5.91 Å². The Morgan fingerprint density at radius 2 is 2.11 bits per heavy atom. The van der Waals surface area contributed by atoms with Gasteiger partial charge in [0, 0.05) is 49.4 Å². The Labute approximate surface area is 110 Å². The van der Waals surface area contributed by atoms with Crippen molar-refractivity contribution in [3.63, 3.8) is 0 Å². The van der Waals surface area contributed by atoms with Crippen LogP contribution in [0.2, 0.25) is 0 Å². The van der Waals surface area contributed by atoms with Crippen LogP contribution in [0.3, 0.4) is 0 Å². The van der Waals surface area contributed by atoms with Crippen molar-refractivity contribution in [3.05, 3.63) is 36.4 Å². The molecule has 0 spiro atoms. The zero-order valence-electron chi connectivity index (χ0n) is 10.8. The van der Waals surface area contributed by atoms with E-state index in [1.165, 1.54) is 11.1 Å². The molecule has 19 heavy (non-hydrogen) atoms. The SMILES string of the molecule is CN(C)C(=O)Cn1cc(-c2cncc(C=O)c2)cn1. The number of amides is 1. The first-order valence-corrected chi connectivity index (χ1v) is 5.73. The number of hydrogen-bond donors (Lipinski definition) is 0. The number of carbonyl (C=O) groups is 2. The summed E-state index contributed by atoms with van der Waals surface area (Å²) in [6.07, 6.45) is 7.30. The molecule has 0 atom stereocenters. The molecule has 0 unspecified atom stereocenters. The summed E-state index contributed by atoms with van der Waals surface area (Å²) in [6, 6.07) is 1.73. The van der Waals surface area contributed by atoms with Crippen LogP contribution >= 0.6 is 0 Å². The van der Waals surface area contributed by atoms with Crippen LogP contribution in [0.25, 0.3) is 11.1 Å². The Balaban J connectivity index is 2.20. The second-order valence-corrected chi connectivity index (χ2v) is 4.34. The van der Waals surface area contributed by atoms with Crippen molar-refractivity contribution < 1.29 is 9.59 Å². The molecule has 2 rings (SSSR count). The number of aromatic nitrogens is 3. The van der Waals surface area contributed by atoms with Crippen LogP contribution in [0, 0.1) is 0 Å². The van der Waals surface area contributed by atoms with Gasteiger partial charge in [0.05, 0.1) is 6.20 Å². The maximum absolute atomic E-state index is 11.6. The smallest absolute Gasteiger partial charge is 0.243 e. The van der Waals surface area contributed by atoms with E-state index in [0.717, 1.165) is 17.4 Å². The molecular formula is C13H14N4O2. The van der Waals surface area contributed by atoms with E-state index in [9.17, 15) is 9.59 Å². The molecule has 2 heterocycles. The van der Waals surface area contributed by atoms with Crippen molar-refractivity contribution >= 4 is 12.2 Å². The van der Waals surface area contributed by atoms with Gasteiger partial charge in [0.15, 0.2) is 6.29 Å². The maximum Gasteiger partial charge on any atom is 0.243 e. The van der Waals surface area contributed by atoms with Gasteiger partial charge in [-0.15, -0.1) is 0 Å². The minimum atomic E-state index is -0.0329. The lowest BCUT2D eigenvalue weighted by atomic mass is 10.1. The molecule has 2 aromatic heterocycles. The quantitative estimate of drug-likeness (QED) is 0.762. The van der Waals surface area contributed by atoms with Crippen molar-refractivity contribution in [2.45, 2.75) is 6.54 Å². The molecule has 0 aliphatic heterocycles. The van der Waals surface area contributed by atoms with Crippen molar-refractivity contribution in [3.8, 4) is 11.1 Å². The lowest BCUT2D eigenvalue weighted by Gasteiger charge is -2.09. The number of nitrogens with zero attached hydrogens (tertiary/aromatic N) is 4. The van der Waals surface area contributed by atoms with Crippen LogP contribution in [0.1, 0.15) is 10.4 Å². The molecule has 1 amide bonds. The first kappa shape index (κ1) is 12.9. The molecule has 2 aromatic rings. The van der Waals surface area contributed by atoms with Crippen molar-refractivity contribution in [1.29, 1.82) is 0 Å². The van der Waals surface area contributed by atoms with Crippen molar-refractivity contribution in [2.24, 2.45) is 0 Å². The van der Waals surface area contributed by atoms with Gasteiger partial charge in [0.1, 0.15) is 6.54 Å². The molecule has 0 bridgehead atoms. The monoisotopic (exact) mass is 258 g/mol. The van der Waals surface area contributed by atoms with E-state index in [0.29, 0.717) is 5.56 Å². The minimum Gasteiger partial charge on any atom is -0.347 e. The number of pyridine rings is 1. The Kier molecular flexibility index (Phi) is 3.70. The van der Waals surface area contributed by atoms with E-state index < -0.39 is 0 Å². The summed E-state index contributed by atoms with van der Waals surface area (Å²) in [5.41, 5.74) is 2.13. The molecule has 98 valence electrons. The van der Waals surface area contributed by atoms with E-state index in [1.807, 2.05) is 0 Å². The highest BCUT2D eigenvalue weighted by atomic mass is 16.2. The number of hydrogen-bond acceptors (Lipinski definition) is 4. The molecule has 0 fully saturated rings. The summed E-state index contributed by atoms with van der Waals surface area (Å²) in [6.45, 7) is 0.188. The van der Waals surface area contributed by atoms with Crippen LogP contribution in [0.5, 0.6) is 0 Å². The Morgan fingerprint density at radius 3 is 2.79 bits per heavy atom. The third-order valence-corrected chi connectivity index (χ3v) is 2.66. The molecule has 0 aliphatic carbocycles. The highest BCUT2D eigenvalue weighted by Crippen LogP contribution is 2.17. The second-order valence-electron chi connectivity index (χ2n) is 4.34. The summed E-state index contributed by atoms with van der Waals surface area (Å²) < 4.78 is 1.56. The fourth-order valence-electron chi connectivity index (χ4n) is 1.56. The molecule has 6 nitrogen and oxygen atoms in total. The lowest BCUT2D eigenvalue weighted by molar-refractivity contribution is -0.129. The Bertz CT molecular complexity index is 604. The predicted molar refractivity (Wildman–Crippen MR) is 69.5 cm³/mol. The summed E-state index contributed by atoms with van der Waals surface area (Å²) in [7, 11) is 3.40. The van der Waals surface area contributed by atoms with Crippen LogP contribution < -0.4 is 0 Å². The summed E-state index contributed by atoms with van der Waals surface area (Å²) in [5, 5.41) is 4.12. The molecule has 0 saturated carbocycles. The van der Waals surface area contributed by atoms with Crippen molar-refractivity contribution in [1.82, 2.24) is 19.7 Å². The maximum atomic E-state index is 11.6. The van der Waals surface area contributed by atoms with E-state index in [-0.39, 0.29) is 12.5 Å². The van der Waals surface area contributed by atoms with Gasteiger partial charge in [-0.1, -0.05) is 0 Å². The number of aldehydes is 1. The average molecular weight is 258 g/mol. The zero-order valence-corrected chi connectivity index (χ0v) is 10.8. The first-order chi connectivity index (χ1) is 9.10. The summed E-state index contributed by atoms with van der Waals surface area (Å²) >= 11 is 0. The number of rotatable bonds is 4. The first-order valence-electron chi connectivity index (χ1n) is 5.73. The molecule has 0 saturated heterocycles. The van der Waals surface area contributed by atoms with Crippen LogP contribution in [0.15, 0.2) is 30.9 Å². The standard InChI is InChI=1S/C13H14N4O2/c1-16(2)13(19)8-17-7-12(6-15-17)11-3-10(9-18)4-14-5-11/h3-7,9H,8H2,1-2H3. The fraction of sp³-hybridized carbons (Fsp3) is 0.231. The van der Waals surface area contributed by atoms with Gasteiger partial charge in [-0.25, -0.2) is 0 Å². The molecule has 0 aliphatic rings. The number of carbonyl (C=O) groups excluding carboxylic acids is 2. The van der Waals surface area contributed by atoms with Crippen LogP contribution in [0.4, 0.5) is 0 Å². The second kappa shape index (κ2) is 5.43. The Hall–Kier alpha value is -2.50. The minimum absolute atomic E-state index is 0.0329. The highest BCUT2D eigenvalue weighted by molar-refractivity contribution is 5.78. The summed E-state index contributed by atoms with van der Waals surface area (Å²) in [5.74, 6) is -0.0329. The van der Waals surface area contributed by atoms with Gasteiger partial charge >= 0.3 is 0 Å². The van der Waals surface area contributed by atoms with Crippen LogP contribution in [-0.2, 0) is 11.3 Å². The lowest BCUT2D eigenvalue weighted by Crippen LogP contribution is -2.26. The van der Waals surface area contributed by atoms with E-state index in [1.54, 1.807) is 43.4 Å². The van der Waals surface area contributed by atoms with Gasteiger partial charge < -0.3 is 4.90 Å². The normalized spacial score (nSPS) is 10.2. The molecule has 6 heteroatoms. The molecule has 0 radical (unpaired) electrons. The van der Waals surface area contributed by atoms with E-state index >= 15 is 0 Å². The topological polar surface area (TPSA) is 68.1 Å². The largest absolute Gasteiger partial charge is 0.347 e. The van der Waals surface area contributed by atoms with E-state index in [4.69, 9.17) is 0 Å². The molecule has 0 N–H and O–H groups in total. The molecule has 0 aromatic carbocycles. The number of likely N-dealkylation sites (N-methyl/N-ethyl adjacent to an activating group) is 1.